The summed E-state index contributed by atoms with van der Waals surface area (Å²) < 4.78 is 28.2. The fourth-order valence-corrected chi connectivity index (χ4v) is 6.35. The Balaban J connectivity index is 1.36. The molecule has 0 spiro atoms. The lowest BCUT2D eigenvalue weighted by atomic mass is 10.1. The third kappa shape index (κ3) is 4.72. The lowest BCUT2D eigenvalue weighted by Gasteiger charge is -2.21. The fourth-order valence-electron chi connectivity index (χ4n) is 4.87. The van der Waals surface area contributed by atoms with Gasteiger partial charge in [-0.2, -0.15) is 0 Å². The number of benzene rings is 1. The zero-order valence-corrected chi connectivity index (χ0v) is 21.8. The van der Waals surface area contributed by atoms with E-state index in [4.69, 9.17) is 11.6 Å². The standard InChI is InChI=1S/C23H24ClN5O5S2/c1-36(33,34)26-20(27-11-2-3-12-27)14-4-6-15(7-5-14)29-22(31)19-16(10-13-28(19)23(29)32)25-21(30)17-8-9-18(24)35-17/h4-9,16,19H,2-3,10-13H2,1H3,(H,25,30)/t16-,19+/m1/s1. The molecule has 10 nitrogen and oxygen atoms in total. The quantitative estimate of drug-likeness (QED) is 0.348. The molecule has 2 aromatic rings. The number of thiophene rings is 1. The van der Waals surface area contributed by atoms with Crippen molar-refractivity contribution in [2.24, 2.45) is 4.40 Å². The van der Waals surface area contributed by atoms with E-state index in [1.807, 2.05) is 4.90 Å². The maximum atomic E-state index is 13.3. The van der Waals surface area contributed by atoms with Gasteiger partial charge in [-0.25, -0.2) is 18.1 Å². The van der Waals surface area contributed by atoms with E-state index in [0.717, 1.165) is 35.3 Å². The van der Waals surface area contributed by atoms with E-state index in [-0.39, 0.29) is 5.91 Å². The molecule has 4 heterocycles. The lowest BCUT2D eigenvalue weighted by Crippen LogP contribution is -2.46. The van der Waals surface area contributed by atoms with Gasteiger partial charge in [-0.05, 0) is 55.7 Å². The first-order valence-corrected chi connectivity index (χ1v) is 14.5. The maximum absolute atomic E-state index is 13.3. The highest BCUT2D eigenvalue weighted by atomic mass is 35.5. The van der Waals surface area contributed by atoms with E-state index in [0.29, 0.717) is 52.4 Å². The van der Waals surface area contributed by atoms with Crippen molar-refractivity contribution in [3.63, 3.8) is 0 Å². The molecule has 2 atom stereocenters. The van der Waals surface area contributed by atoms with E-state index < -0.39 is 34.0 Å². The molecule has 3 aliphatic heterocycles. The van der Waals surface area contributed by atoms with Crippen LogP contribution in [0.2, 0.25) is 4.34 Å². The summed E-state index contributed by atoms with van der Waals surface area (Å²) in [5, 5.41) is 2.87. The second-order valence-corrected chi connectivity index (χ2v) is 12.3. The van der Waals surface area contributed by atoms with Crippen LogP contribution in [-0.2, 0) is 14.8 Å². The lowest BCUT2D eigenvalue weighted by molar-refractivity contribution is -0.119. The number of amidine groups is 1. The van der Waals surface area contributed by atoms with E-state index >= 15 is 0 Å². The monoisotopic (exact) mass is 549 g/mol. The molecule has 0 radical (unpaired) electrons. The van der Waals surface area contributed by atoms with Gasteiger partial charge in [0, 0.05) is 25.2 Å². The SMILES string of the molecule is CS(=O)(=O)N=C(c1ccc(N2C(=O)[C@@H]3[C@H](NC(=O)c4ccc(Cl)s4)CCN3C2=O)cc1)N1CCCC1. The molecule has 13 heteroatoms. The number of imide groups is 1. The van der Waals surface area contributed by atoms with Crippen molar-refractivity contribution in [3.05, 3.63) is 51.2 Å². The van der Waals surface area contributed by atoms with Crippen LogP contribution < -0.4 is 10.2 Å². The van der Waals surface area contributed by atoms with Gasteiger partial charge in [0.05, 0.1) is 27.2 Å². The number of likely N-dealkylation sites (tertiary alicyclic amines) is 1. The van der Waals surface area contributed by atoms with Gasteiger partial charge < -0.3 is 15.1 Å². The topological polar surface area (TPSA) is 119 Å². The summed E-state index contributed by atoms with van der Waals surface area (Å²) >= 11 is 7.07. The van der Waals surface area contributed by atoms with E-state index in [1.165, 1.54) is 4.90 Å². The molecule has 1 aromatic carbocycles. The predicted octanol–water partition coefficient (Wildman–Crippen LogP) is 2.54. The minimum atomic E-state index is -3.62. The van der Waals surface area contributed by atoms with Gasteiger partial charge in [0.15, 0.2) is 0 Å². The summed E-state index contributed by atoms with van der Waals surface area (Å²) in [6.45, 7) is 1.77. The number of halogens is 1. The largest absolute Gasteiger partial charge is 0.355 e. The Morgan fingerprint density at radius 1 is 1.08 bits per heavy atom. The van der Waals surface area contributed by atoms with Crippen LogP contribution in [0.3, 0.4) is 0 Å². The van der Waals surface area contributed by atoms with Gasteiger partial charge in [0.25, 0.3) is 21.8 Å². The molecular weight excluding hydrogens is 526 g/mol. The second kappa shape index (κ2) is 9.49. The van der Waals surface area contributed by atoms with Crippen molar-refractivity contribution >= 4 is 62.3 Å². The summed E-state index contributed by atoms with van der Waals surface area (Å²) in [5.41, 5.74) is 0.962. The van der Waals surface area contributed by atoms with Gasteiger partial charge in [-0.3, -0.25) is 9.59 Å². The summed E-state index contributed by atoms with van der Waals surface area (Å²) in [6.07, 6.45) is 3.42. The van der Waals surface area contributed by atoms with E-state index in [2.05, 4.69) is 9.71 Å². The van der Waals surface area contributed by atoms with Gasteiger partial charge in [0.1, 0.15) is 11.9 Å². The van der Waals surface area contributed by atoms with Crippen LogP contribution in [0.5, 0.6) is 0 Å². The van der Waals surface area contributed by atoms with Gasteiger partial charge in [-0.15, -0.1) is 15.7 Å². The third-order valence-corrected chi connectivity index (χ3v) is 8.20. The first-order valence-electron chi connectivity index (χ1n) is 11.5. The fraction of sp³-hybridized carbons (Fsp3) is 0.391. The molecule has 36 heavy (non-hydrogen) atoms. The zero-order valence-electron chi connectivity index (χ0n) is 19.4. The Hall–Kier alpha value is -2.96. The van der Waals surface area contributed by atoms with Gasteiger partial charge in [-0.1, -0.05) is 11.6 Å². The third-order valence-electron chi connectivity index (χ3n) is 6.46. The number of sulfonamides is 1. The number of rotatable bonds is 5. The predicted molar refractivity (Wildman–Crippen MR) is 137 cm³/mol. The van der Waals surface area contributed by atoms with Crippen molar-refractivity contribution < 1.29 is 22.8 Å². The number of amides is 4. The summed E-state index contributed by atoms with van der Waals surface area (Å²) in [5.74, 6) is -0.386. The first kappa shape index (κ1) is 24.7. The van der Waals surface area contributed by atoms with Crippen LogP contribution in [0.1, 0.15) is 34.5 Å². The number of nitrogens with zero attached hydrogens (tertiary/aromatic N) is 4. The number of hydrogen-bond acceptors (Lipinski definition) is 6. The normalized spacial score (nSPS) is 22.5. The molecule has 5 rings (SSSR count). The molecular formula is C23H24ClN5O5S2. The number of hydrogen-bond donors (Lipinski definition) is 1. The molecule has 1 N–H and O–H groups in total. The molecule has 3 aliphatic rings. The number of urea groups is 1. The average Bonchev–Trinajstić information content (AvgIpc) is 3.61. The van der Waals surface area contributed by atoms with Gasteiger partial charge in [0.2, 0.25) is 0 Å². The average molecular weight is 550 g/mol. The van der Waals surface area contributed by atoms with Gasteiger partial charge >= 0.3 is 6.03 Å². The van der Waals surface area contributed by atoms with Crippen molar-refractivity contribution in [2.75, 3.05) is 30.8 Å². The van der Waals surface area contributed by atoms with Crippen LogP contribution in [0.15, 0.2) is 40.8 Å². The molecule has 0 unspecified atom stereocenters. The van der Waals surface area contributed by atoms with Crippen LogP contribution >= 0.6 is 22.9 Å². The molecule has 190 valence electrons. The number of carbonyl (C=O) groups excluding carboxylic acids is 3. The van der Waals surface area contributed by atoms with Crippen LogP contribution in [0, 0.1) is 0 Å². The second-order valence-electron chi connectivity index (χ2n) is 8.96. The zero-order chi connectivity index (χ0) is 25.6. The minimum Gasteiger partial charge on any atom is -0.355 e. The number of fused-ring (bicyclic) bond motifs is 1. The van der Waals surface area contributed by atoms with Crippen molar-refractivity contribution in [1.82, 2.24) is 15.1 Å². The number of anilines is 1. The highest BCUT2D eigenvalue weighted by Crippen LogP contribution is 2.32. The van der Waals surface area contributed by atoms with E-state index in [9.17, 15) is 22.8 Å². The molecule has 4 amide bonds. The summed E-state index contributed by atoms with van der Waals surface area (Å²) in [4.78, 5) is 44.0. The molecule has 0 bridgehead atoms. The van der Waals surface area contributed by atoms with Crippen molar-refractivity contribution in [1.29, 1.82) is 0 Å². The summed E-state index contributed by atoms with van der Waals surface area (Å²) in [6, 6.07) is 8.07. The highest BCUT2D eigenvalue weighted by molar-refractivity contribution is 7.89. The molecule has 0 saturated carbocycles. The smallest absolute Gasteiger partial charge is 0.332 e. The molecule has 3 fully saturated rings. The molecule has 3 saturated heterocycles. The Labute approximate surface area is 217 Å². The van der Waals surface area contributed by atoms with E-state index in [1.54, 1.807) is 36.4 Å². The molecule has 0 aliphatic carbocycles. The Bertz CT molecular complexity index is 1350. The number of nitrogens with one attached hydrogen (secondary N) is 1. The Kier molecular flexibility index (Phi) is 6.52. The van der Waals surface area contributed by atoms with Crippen LogP contribution in [0.4, 0.5) is 10.5 Å². The van der Waals surface area contributed by atoms with Crippen molar-refractivity contribution in [3.8, 4) is 0 Å². The Morgan fingerprint density at radius 2 is 1.78 bits per heavy atom. The maximum Gasteiger partial charge on any atom is 0.332 e. The highest BCUT2D eigenvalue weighted by Gasteiger charge is 2.53. The van der Waals surface area contributed by atoms with Crippen molar-refractivity contribution in [2.45, 2.75) is 31.3 Å². The first-order chi connectivity index (χ1) is 17.1. The Morgan fingerprint density at radius 3 is 2.39 bits per heavy atom. The number of carbonyl (C=O) groups is 3. The molecule has 1 aromatic heterocycles. The van der Waals surface area contributed by atoms with Crippen LogP contribution in [0.25, 0.3) is 0 Å². The summed E-state index contributed by atoms with van der Waals surface area (Å²) in [7, 11) is -3.62. The minimum absolute atomic E-state index is 0.332. The van der Waals surface area contributed by atoms with Crippen LogP contribution in [-0.4, -0.2) is 79.9 Å².